The van der Waals surface area contributed by atoms with Crippen LogP contribution >= 0.6 is 0 Å². The maximum Gasteiger partial charge on any atom is 0.335 e. The van der Waals surface area contributed by atoms with Crippen LogP contribution < -0.4 is 4.74 Å². The van der Waals surface area contributed by atoms with Crippen molar-refractivity contribution in [3.8, 4) is 5.75 Å². The Morgan fingerprint density at radius 3 is 2.43 bits per heavy atom. The van der Waals surface area contributed by atoms with E-state index in [4.69, 9.17) is 9.84 Å². The number of Topliss-reactive ketones (excluding diaryl/α,β-unsaturated/α-hetero) is 1. The van der Waals surface area contributed by atoms with Gasteiger partial charge in [0.25, 0.3) is 0 Å². The third-order valence-corrected chi connectivity index (χ3v) is 3.82. The maximum absolute atomic E-state index is 12.4. The summed E-state index contributed by atoms with van der Waals surface area (Å²) in [5, 5.41) is 9.01. The zero-order valence-corrected chi connectivity index (χ0v) is 12.9. The van der Waals surface area contributed by atoms with Crippen LogP contribution in [0.2, 0.25) is 0 Å². The highest BCUT2D eigenvalue weighted by Crippen LogP contribution is 2.32. The Balaban J connectivity index is 1.90. The fraction of sp³-hybridized carbons (Fsp3) is 0.158. The molecule has 0 atom stereocenters. The van der Waals surface area contributed by atoms with Crippen LogP contribution in [0.3, 0.4) is 0 Å². The molecular formula is C19H16O4. The van der Waals surface area contributed by atoms with Gasteiger partial charge in [0.1, 0.15) is 5.75 Å². The van der Waals surface area contributed by atoms with Crippen molar-refractivity contribution in [3.63, 3.8) is 0 Å². The summed E-state index contributed by atoms with van der Waals surface area (Å²) >= 11 is 0. The summed E-state index contributed by atoms with van der Waals surface area (Å²) in [6.07, 6.45) is 1.67. The van der Waals surface area contributed by atoms with E-state index in [-0.39, 0.29) is 22.7 Å². The lowest BCUT2D eigenvalue weighted by Gasteiger charge is -2.05. The molecule has 4 heteroatoms. The number of fused-ring (bicyclic) bond motifs is 1. The zero-order valence-electron chi connectivity index (χ0n) is 12.9. The van der Waals surface area contributed by atoms with Gasteiger partial charge < -0.3 is 9.84 Å². The topological polar surface area (TPSA) is 63.6 Å². The Labute approximate surface area is 134 Å². The van der Waals surface area contributed by atoms with Gasteiger partial charge in [-0.05, 0) is 41.3 Å². The quantitative estimate of drug-likeness (QED) is 0.866. The molecule has 2 aromatic rings. The molecule has 1 aliphatic heterocycles. The fourth-order valence-corrected chi connectivity index (χ4v) is 2.45. The van der Waals surface area contributed by atoms with Gasteiger partial charge in [-0.25, -0.2) is 4.79 Å². The molecule has 1 N–H and O–H groups in total. The molecule has 0 bridgehead atoms. The van der Waals surface area contributed by atoms with E-state index in [2.05, 4.69) is 13.8 Å². The van der Waals surface area contributed by atoms with E-state index < -0.39 is 5.97 Å². The van der Waals surface area contributed by atoms with Gasteiger partial charge in [-0.1, -0.05) is 38.1 Å². The van der Waals surface area contributed by atoms with Crippen molar-refractivity contribution in [1.82, 2.24) is 0 Å². The van der Waals surface area contributed by atoms with E-state index in [1.807, 2.05) is 24.3 Å². The standard InChI is InChI=1S/C19H16O4/c1-11(2)13-5-3-12(4-6-13)9-17-18(20)15-10-14(19(21)22)7-8-16(15)23-17/h3-11H,1-2H3,(H,21,22). The zero-order chi connectivity index (χ0) is 16.6. The fourth-order valence-electron chi connectivity index (χ4n) is 2.45. The molecule has 0 radical (unpaired) electrons. The summed E-state index contributed by atoms with van der Waals surface area (Å²) in [5.74, 6) is -0.317. The first kappa shape index (κ1) is 15.0. The van der Waals surface area contributed by atoms with Crippen molar-refractivity contribution in [2.75, 3.05) is 0 Å². The number of carbonyl (C=O) groups is 2. The highest BCUT2D eigenvalue weighted by atomic mass is 16.5. The van der Waals surface area contributed by atoms with E-state index in [0.717, 1.165) is 5.56 Å². The summed E-state index contributed by atoms with van der Waals surface area (Å²) in [6, 6.07) is 12.2. The van der Waals surface area contributed by atoms with E-state index in [1.54, 1.807) is 6.08 Å². The second-order valence-corrected chi connectivity index (χ2v) is 5.78. The first-order valence-corrected chi connectivity index (χ1v) is 7.37. The van der Waals surface area contributed by atoms with Crippen LogP contribution in [0.25, 0.3) is 6.08 Å². The highest BCUT2D eigenvalue weighted by Gasteiger charge is 2.28. The van der Waals surface area contributed by atoms with Crippen molar-refractivity contribution < 1.29 is 19.4 Å². The maximum atomic E-state index is 12.4. The predicted molar refractivity (Wildman–Crippen MR) is 86.9 cm³/mol. The second kappa shape index (κ2) is 5.72. The molecule has 4 nitrogen and oxygen atoms in total. The van der Waals surface area contributed by atoms with Gasteiger partial charge in [0.2, 0.25) is 5.78 Å². The van der Waals surface area contributed by atoms with Crippen molar-refractivity contribution in [2.24, 2.45) is 0 Å². The Kier molecular flexibility index (Phi) is 3.74. The second-order valence-electron chi connectivity index (χ2n) is 5.78. The molecule has 0 spiro atoms. The lowest BCUT2D eigenvalue weighted by molar-refractivity contribution is 0.0697. The Bertz CT molecular complexity index is 814. The van der Waals surface area contributed by atoms with Gasteiger partial charge in [-0.2, -0.15) is 0 Å². The molecule has 1 aliphatic rings. The van der Waals surface area contributed by atoms with Crippen molar-refractivity contribution in [3.05, 3.63) is 70.5 Å². The number of hydrogen-bond acceptors (Lipinski definition) is 3. The molecular weight excluding hydrogens is 292 g/mol. The molecule has 0 saturated heterocycles. The largest absolute Gasteiger partial charge is 0.478 e. The monoisotopic (exact) mass is 308 g/mol. The Morgan fingerprint density at radius 1 is 1.13 bits per heavy atom. The highest BCUT2D eigenvalue weighted by molar-refractivity contribution is 6.15. The SMILES string of the molecule is CC(C)c1ccc(C=C2Oc3ccc(C(=O)O)cc3C2=O)cc1. The minimum absolute atomic E-state index is 0.0724. The third-order valence-electron chi connectivity index (χ3n) is 3.82. The number of aromatic carboxylic acids is 1. The molecule has 116 valence electrons. The number of benzene rings is 2. The molecule has 0 fully saturated rings. The van der Waals surface area contributed by atoms with Crippen molar-refractivity contribution >= 4 is 17.8 Å². The molecule has 1 heterocycles. The number of carbonyl (C=O) groups excluding carboxylic acids is 1. The number of hydrogen-bond donors (Lipinski definition) is 1. The molecule has 0 unspecified atom stereocenters. The molecule has 0 saturated carbocycles. The summed E-state index contributed by atoms with van der Waals surface area (Å²) in [4.78, 5) is 23.4. The lowest BCUT2D eigenvalue weighted by atomic mass is 10.0. The number of ketones is 1. The summed E-state index contributed by atoms with van der Waals surface area (Å²) < 4.78 is 5.55. The molecule has 0 amide bonds. The molecule has 2 aromatic carbocycles. The number of rotatable bonds is 3. The van der Waals surface area contributed by atoms with Crippen LogP contribution in [0, 0.1) is 0 Å². The van der Waals surface area contributed by atoms with Crippen molar-refractivity contribution in [1.29, 1.82) is 0 Å². The smallest absolute Gasteiger partial charge is 0.335 e. The normalized spacial score (nSPS) is 14.9. The Hall–Kier alpha value is -2.88. The van der Waals surface area contributed by atoms with Gasteiger partial charge in [0, 0.05) is 0 Å². The number of carboxylic acids is 1. The Morgan fingerprint density at radius 2 is 1.83 bits per heavy atom. The average molecular weight is 308 g/mol. The van der Waals surface area contributed by atoms with Crippen LogP contribution in [-0.2, 0) is 0 Å². The lowest BCUT2D eigenvalue weighted by Crippen LogP contribution is -2.00. The van der Waals surface area contributed by atoms with Gasteiger partial charge in [0.15, 0.2) is 5.76 Å². The van der Waals surface area contributed by atoms with Crippen LogP contribution in [0.4, 0.5) is 0 Å². The first-order chi connectivity index (χ1) is 11.0. The summed E-state index contributed by atoms with van der Waals surface area (Å²) in [6.45, 7) is 4.24. The third kappa shape index (κ3) is 2.88. The molecule has 23 heavy (non-hydrogen) atoms. The number of ether oxygens (including phenoxy) is 1. The summed E-state index contributed by atoms with van der Waals surface area (Å²) in [5.41, 5.74) is 2.45. The minimum Gasteiger partial charge on any atom is -0.478 e. The van der Waals surface area contributed by atoms with E-state index in [9.17, 15) is 9.59 Å². The number of carboxylic acid groups (broad SMARTS) is 1. The molecule has 3 rings (SSSR count). The first-order valence-electron chi connectivity index (χ1n) is 7.37. The van der Waals surface area contributed by atoms with Crippen molar-refractivity contribution in [2.45, 2.75) is 19.8 Å². The predicted octanol–water partition coefficient (Wildman–Crippen LogP) is 4.12. The van der Waals surface area contributed by atoms with E-state index >= 15 is 0 Å². The van der Waals surface area contributed by atoms with E-state index in [1.165, 1.54) is 23.8 Å². The summed E-state index contributed by atoms with van der Waals surface area (Å²) in [7, 11) is 0. The van der Waals surface area contributed by atoms with Gasteiger partial charge in [-0.15, -0.1) is 0 Å². The van der Waals surface area contributed by atoms with E-state index in [0.29, 0.717) is 11.7 Å². The average Bonchev–Trinajstić information content (AvgIpc) is 2.83. The van der Waals surface area contributed by atoms with Crippen LogP contribution in [0.5, 0.6) is 5.75 Å². The van der Waals surface area contributed by atoms with Gasteiger partial charge in [-0.3, -0.25) is 4.79 Å². The molecule has 0 aliphatic carbocycles. The van der Waals surface area contributed by atoms with Gasteiger partial charge >= 0.3 is 5.97 Å². The number of allylic oxidation sites excluding steroid dienone is 1. The van der Waals surface area contributed by atoms with Gasteiger partial charge in [0.05, 0.1) is 11.1 Å². The van der Waals surface area contributed by atoms with Crippen LogP contribution in [0.15, 0.2) is 48.2 Å². The molecule has 0 aromatic heterocycles. The minimum atomic E-state index is -1.07. The van der Waals surface area contributed by atoms with Crippen LogP contribution in [-0.4, -0.2) is 16.9 Å². The van der Waals surface area contributed by atoms with Crippen LogP contribution in [0.1, 0.15) is 51.6 Å².